The number of halogens is 2. The van der Waals surface area contributed by atoms with Crippen LogP contribution in [0.2, 0.25) is 0 Å². The second-order valence-corrected chi connectivity index (χ2v) is 5.15. The molecule has 0 saturated carbocycles. The number of thioether (sulfide) groups is 1. The first kappa shape index (κ1) is 15.0. The molecule has 0 aliphatic heterocycles. The third kappa shape index (κ3) is 4.29. The first-order valence-electron chi connectivity index (χ1n) is 5.96. The molecule has 0 radical (unpaired) electrons. The Morgan fingerprint density at radius 3 is 2.48 bits per heavy atom. The van der Waals surface area contributed by atoms with Gasteiger partial charge in [0.05, 0.1) is 17.4 Å². The molecule has 2 rings (SSSR count). The zero-order chi connectivity index (χ0) is 15.2. The molecule has 2 aromatic rings. The van der Waals surface area contributed by atoms with Crippen molar-refractivity contribution < 1.29 is 13.6 Å². The highest BCUT2D eigenvalue weighted by atomic mass is 32.2. The Morgan fingerprint density at radius 1 is 1.14 bits per heavy atom. The van der Waals surface area contributed by atoms with Gasteiger partial charge in [0.2, 0.25) is 5.91 Å². The third-order valence-electron chi connectivity index (χ3n) is 2.56. The highest BCUT2D eigenvalue weighted by molar-refractivity contribution is 8.00. The van der Waals surface area contributed by atoms with Gasteiger partial charge in [-0.05, 0) is 42.5 Å². The lowest BCUT2D eigenvalue weighted by Gasteiger charge is -2.05. The van der Waals surface area contributed by atoms with Gasteiger partial charge in [-0.15, -0.1) is 11.8 Å². The number of hydrogen-bond acceptors (Lipinski definition) is 3. The summed E-state index contributed by atoms with van der Waals surface area (Å²) < 4.78 is 25.8. The summed E-state index contributed by atoms with van der Waals surface area (Å²) in [6, 6.07) is 11.9. The SMILES string of the molecule is N#Cc1ccc(NC(=O)CSc2ccc(F)c(F)c2)cc1. The van der Waals surface area contributed by atoms with Crippen LogP contribution < -0.4 is 5.32 Å². The van der Waals surface area contributed by atoms with E-state index in [1.54, 1.807) is 24.3 Å². The van der Waals surface area contributed by atoms with Gasteiger partial charge in [0.25, 0.3) is 0 Å². The molecule has 0 bridgehead atoms. The summed E-state index contributed by atoms with van der Waals surface area (Å²) in [6.07, 6.45) is 0. The van der Waals surface area contributed by atoms with Gasteiger partial charge in [0, 0.05) is 10.6 Å². The van der Waals surface area contributed by atoms with Crippen LogP contribution in [-0.4, -0.2) is 11.7 Å². The number of anilines is 1. The molecule has 2 aromatic carbocycles. The van der Waals surface area contributed by atoms with Crippen LogP contribution in [0.15, 0.2) is 47.4 Å². The van der Waals surface area contributed by atoms with Crippen molar-refractivity contribution >= 4 is 23.4 Å². The number of benzene rings is 2. The minimum Gasteiger partial charge on any atom is -0.325 e. The van der Waals surface area contributed by atoms with E-state index in [-0.39, 0.29) is 11.7 Å². The van der Waals surface area contributed by atoms with E-state index in [2.05, 4.69) is 5.32 Å². The van der Waals surface area contributed by atoms with Crippen LogP contribution in [0.25, 0.3) is 0 Å². The molecule has 0 atom stereocenters. The number of hydrogen-bond donors (Lipinski definition) is 1. The van der Waals surface area contributed by atoms with Crippen LogP contribution in [0.4, 0.5) is 14.5 Å². The first-order chi connectivity index (χ1) is 10.1. The fourth-order valence-electron chi connectivity index (χ4n) is 1.54. The molecular weight excluding hydrogens is 294 g/mol. The average molecular weight is 304 g/mol. The first-order valence-corrected chi connectivity index (χ1v) is 6.95. The fourth-order valence-corrected chi connectivity index (χ4v) is 2.26. The standard InChI is InChI=1S/C15H10F2N2OS/c16-13-6-5-12(7-14(13)17)21-9-15(20)19-11-3-1-10(8-18)2-4-11/h1-7H,9H2,(H,19,20). The van der Waals surface area contributed by atoms with Crippen molar-refractivity contribution in [1.82, 2.24) is 0 Å². The van der Waals surface area contributed by atoms with Crippen LogP contribution in [0, 0.1) is 23.0 Å². The van der Waals surface area contributed by atoms with E-state index in [1.807, 2.05) is 6.07 Å². The maximum atomic E-state index is 13.0. The lowest BCUT2D eigenvalue weighted by Crippen LogP contribution is -2.13. The summed E-state index contributed by atoms with van der Waals surface area (Å²) >= 11 is 1.11. The van der Waals surface area contributed by atoms with E-state index in [9.17, 15) is 13.6 Å². The molecule has 0 aromatic heterocycles. The Bertz CT molecular complexity index is 696. The monoisotopic (exact) mass is 304 g/mol. The molecule has 0 aliphatic rings. The topological polar surface area (TPSA) is 52.9 Å². The molecule has 21 heavy (non-hydrogen) atoms. The third-order valence-corrected chi connectivity index (χ3v) is 3.55. The van der Waals surface area contributed by atoms with Crippen LogP contribution in [0.5, 0.6) is 0 Å². The van der Waals surface area contributed by atoms with Gasteiger partial charge in [-0.25, -0.2) is 8.78 Å². The lowest BCUT2D eigenvalue weighted by atomic mass is 10.2. The van der Waals surface area contributed by atoms with Crippen molar-refractivity contribution in [2.75, 3.05) is 11.1 Å². The fraction of sp³-hybridized carbons (Fsp3) is 0.0667. The number of nitrogens with zero attached hydrogens (tertiary/aromatic N) is 1. The van der Waals surface area contributed by atoms with Crippen molar-refractivity contribution in [3.05, 3.63) is 59.7 Å². The smallest absolute Gasteiger partial charge is 0.234 e. The Labute approximate surface area is 124 Å². The Morgan fingerprint density at radius 2 is 1.86 bits per heavy atom. The van der Waals surface area contributed by atoms with E-state index in [1.165, 1.54) is 6.07 Å². The zero-order valence-corrected chi connectivity index (χ0v) is 11.6. The van der Waals surface area contributed by atoms with Gasteiger partial charge in [0.15, 0.2) is 11.6 Å². The summed E-state index contributed by atoms with van der Waals surface area (Å²) in [6.45, 7) is 0. The van der Waals surface area contributed by atoms with Gasteiger partial charge in [0.1, 0.15) is 0 Å². The quantitative estimate of drug-likeness (QED) is 0.879. The van der Waals surface area contributed by atoms with E-state index < -0.39 is 11.6 Å². The average Bonchev–Trinajstić information content (AvgIpc) is 2.49. The molecule has 3 nitrogen and oxygen atoms in total. The van der Waals surface area contributed by atoms with Gasteiger partial charge in [-0.2, -0.15) is 5.26 Å². The van der Waals surface area contributed by atoms with Crippen LogP contribution >= 0.6 is 11.8 Å². The maximum absolute atomic E-state index is 13.0. The van der Waals surface area contributed by atoms with Crippen molar-refractivity contribution in [1.29, 1.82) is 5.26 Å². The van der Waals surface area contributed by atoms with E-state index >= 15 is 0 Å². The highest BCUT2D eigenvalue weighted by Crippen LogP contribution is 2.20. The summed E-state index contributed by atoms with van der Waals surface area (Å²) in [7, 11) is 0. The maximum Gasteiger partial charge on any atom is 0.234 e. The number of carbonyl (C=O) groups excluding carboxylic acids is 1. The molecule has 1 N–H and O–H groups in total. The van der Waals surface area contributed by atoms with E-state index in [0.717, 1.165) is 23.9 Å². The molecule has 0 saturated heterocycles. The van der Waals surface area contributed by atoms with Gasteiger partial charge in [-0.1, -0.05) is 0 Å². The predicted octanol–water partition coefficient (Wildman–Crippen LogP) is 3.57. The largest absolute Gasteiger partial charge is 0.325 e. The Kier molecular flexibility index (Phi) is 4.90. The lowest BCUT2D eigenvalue weighted by molar-refractivity contribution is -0.113. The molecule has 1 amide bonds. The minimum atomic E-state index is -0.937. The summed E-state index contributed by atoms with van der Waals surface area (Å²) in [5, 5.41) is 11.3. The molecule has 0 unspecified atom stereocenters. The number of carbonyl (C=O) groups is 1. The van der Waals surface area contributed by atoms with E-state index in [4.69, 9.17) is 5.26 Å². The van der Waals surface area contributed by atoms with Crippen molar-refractivity contribution in [2.24, 2.45) is 0 Å². The second kappa shape index (κ2) is 6.86. The van der Waals surface area contributed by atoms with E-state index in [0.29, 0.717) is 16.1 Å². The molecule has 0 spiro atoms. The number of amides is 1. The van der Waals surface area contributed by atoms with Crippen molar-refractivity contribution in [3.8, 4) is 6.07 Å². The van der Waals surface area contributed by atoms with Gasteiger partial charge in [-0.3, -0.25) is 4.79 Å². The summed E-state index contributed by atoms with van der Waals surface area (Å²) in [5.74, 6) is -2.05. The van der Waals surface area contributed by atoms with Crippen molar-refractivity contribution in [2.45, 2.75) is 4.90 Å². The normalized spacial score (nSPS) is 9.95. The van der Waals surface area contributed by atoms with Crippen LogP contribution in [0.1, 0.15) is 5.56 Å². The van der Waals surface area contributed by atoms with Gasteiger partial charge < -0.3 is 5.32 Å². The highest BCUT2D eigenvalue weighted by Gasteiger charge is 2.06. The molecule has 6 heteroatoms. The summed E-state index contributed by atoms with van der Waals surface area (Å²) in [5.41, 5.74) is 1.08. The second-order valence-electron chi connectivity index (χ2n) is 4.10. The molecule has 0 heterocycles. The Hall–Kier alpha value is -2.39. The molecule has 0 aliphatic carbocycles. The predicted molar refractivity (Wildman–Crippen MR) is 76.9 cm³/mol. The summed E-state index contributed by atoms with van der Waals surface area (Å²) in [4.78, 5) is 12.2. The molecule has 106 valence electrons. The molecular formula is C15H10F2N2OS. The van der Waals surface area contributed by atoms with Crippen molar-refractivity contribution in [3.63, 3.8) is 0 Å². The number of nitriles is 1. The zero-order valence-electron chi connectivity index (χ0n) is 10.8. The van der Waals surface area contributed by atoms with Gasteiger partial charge >= 0.3 is 0 Å². The van der Waals surface area contributed by atoms with Crippen LogP contribution in [0.3, 0.4) is 0 Å². The molecule has 0 fully saturated rings. The van der Waals surface area contributed by atoms with Crippen LogP contribution in [-0.2, 0) is 4.79 Å². The number of nitrogens with one attached hydrogen (secondary N) is 1. The minimum absolute atomic E-state index is 0.0745. The number of rotatable bonds is 4. The Balaban J connectivity index is 1.89.